The van der Waals surface area contributed by atoms with Gasteiger partial charge in [-0.2, -0.15) is 10.5 Å². The molecule has 0 radical (unpaired) electrons. The summed E-state index contributed by atoms with van der Waals surface area (Å²) in [6, 6.07) is 3.49. The summed E-state index contributed by atoms with van der Waals surface area (Å²) in [6.45, 7) is 1.19. The van der Waals surface area contributed by atoms with Crippen molar-refractivity contribution >= 4 is 5.97 Å². The van der Waals surface area contributed by atoms with E-state index in [4.69, 9.17) is 15.6 Å². The van der Waals surface area contributed by atoms with Crippen molar-refractivity contribution in [1.82, 2.24) is 9.55 Å². The molecule has 0 saturated heterocycles. The van der Waals surface area contributed by atoms with Crippen molar-refractivity contribution in [3.05, 3.63) is 17.2 Å². The van der Waals surface area contributed by atoms with Crippen molar-refractivity contribution in [3.63, 3.8) is 0 Å². The highest BCUT2D eigenvalue weighted by Gasteiger charge is 2.15. The van der Waals surface area contributed by atoms with E-state index < -0.39 is 5.97 Å². The number of carbonyl (C=O) groups is 1. The molecule has 0 unspecified atom stereocenters. The van der Waals surface area contributed by atoms with Crippen LogP contribution in [-0.2, 0) is 11.3 Å². The Kier molecular flexibility index (Phi) is 2.49. The molecule has 6 heteroatoms. The molecule has 1 rings (SSSR count). The van der Waals surface area contributed by atoms with Crippen LogP contribution in [0, 0.1) is 29.6 Å². The van der Waals surface area contributed by atoms with E-state index in [1.165, 1.54) is 4.57 Å². The highest BCUT2D eigenvalue weighted by atomic mass is 16.4. The second kappa shape index (κ2) is 3.58. The molecule has 0 aliphatic carbocycles. The highest BCUT2D eigenvalue weighted by Crippen LogP contribution is 2.09. The first-order valence-electron chi connectivity index (χ1n) is 3.69. The zero-order chi connectivity index (χ0) is 10.7. The minimum atomic E-state index is -1.08. The molecule has 0 amide bonds. The van der Waals surface area contributed by atoms with Crippen molar-refractivity contribution < 1.29 is 9.90 Å². The first-order chi connectivity index (χ1) is 6.60. The van der Waals surface area contributed by atoms with Gasteiger partial charge in [0.05, 0.1) is 0 Å². The Balaban J connectivity index is 3.30. The van der Waals surface area contributed by atoms with E-state index in [1.54, 1.807) is 19.1 Å². The van der Waals surface area contributed by atoms with Gasteiger partial charge in [-0.15, -0.1) is 0 Å². The summed E-state index contributed by atoms with van der Waals surface area (Å²) in [6.07, 6.45) is 0. The molecule has 0 aliphatic heterocycles. The Hall–Kier alpha value is -2.34. The molecule has 1 aromatic rings. The van der Waals surface area contributed by atoms with Crippen LogP contribution >= 0.6 is 0 Å². The molecule has 0 atom stereocenters. The van der Waals surface area contributed by atoms with E-state index in [-0.39, 0.29) is 17.9 Å². The van der Waals surface area contributed by atoms with Crippen molar-refractivity contribution in [1.29, 1.82) is 10.5 Å². The maximum absolute atomic E-state index is 10.4. The SMILES string of the molecule is Cc1nc(C#N)c(C#N)n1CC(=O)O. The molecular formula is C8H6N4O2. The standard InChI is InChI=1S/C8H6N4O2/c1-5-11-6(2-9)7(3-10)12(5)4-8(13)14/h4H2,1H3,(H,13,14). The van der Waals surface area contributed by atoms with Gasteiger partial charge in [-0.3, -0.25) is 4.79 Å². The molecule has 14 heavy (non-hydrogen) atoms. The fraction of sp³-hybridized carbons (Fsp3) is 0.250. The predicted octanol–water partition coefficient (Wildman–Crippen LogP) is 0.0195. The van der Waals surface area contributed by atoms with Gasteiger partial charge in [0.1, 0.15) is 24.5 Å². The van der Waals surface area contributed by atoms with Gasteiger partial charge < -0.3 is 9.67 Å². The van der Waals surface area contributed by atoms with E-state index in [1.807, 2.05) is 0 Å². The maximum atomic E-state index is 10.4. The Morgan fingerprint density at radius 3 is 2.64 bits per heavy atom. The van der Waals surface area contributed by atoms with Crippen molar-refractivity contribution in [3.8, 4) is 12.1 Å². The lowest BCUT2D eigenvalue weighted by molar-refractivity contribution is -0.137. The first kappa shape index (κ1) is 9.75. The summed E-state index contributed by atoms with van der Waals surface area (Å²) >= 11 is 0. The maximum Gasteiger partial charge on any atom is 0.323 e. The molecule has 6 nitrogen and oxygen atoms in total. The lowest BCUT2D eigenvalue weighted by Gasteiger charge is -2.00. The smallest absolute Gasteiger partial charge is 0.323 e. The molecule has 1 heterocycles. The quantitative estimate of drug-likeness (QED) is 0.708. The largest absolute Gasteiger partial charge is 0.480 e. The van der Waals surface area contributed by atoms with Gasteiger partial charge in [-0.05, 0) is 6.92 Å². The van der Waals surface area contributed by atoms with Crippen LogP contribution in [0.2, 0.25) is 0 Å². The average molecular weight is 190 g/mol. The summed E-state index contributed by atoms with van der Waals surface area (Å²) in [5, 5.41) is 25.9. The van der Waals surface area contributed by atoms with Crippen molar-refractivity contribution in [2.24, 2.45) is 0 Å². The lowest BCUT2D eigenvalue weighted by atomic mass is 10.3. The summed E-state index contributed by atoms with van der Waals surface area (Å²) in [4.78, 5) is 14.2. The Morgan fingerprint density at radius 2 is 2.21 bits per heavy atom. The van der Waals surface area contributed by atoms with E-state index in [9.17, 15) is 4.79 Å². The third-order valence-electron chi connectivity index (χ3n) is 1.66. The third-order valence-corrected chi connectivity index (χ3v) is 1.66. The van der Waals surface area contributed by atoms with Crippen LogP contribution in [0.4, 0.5) is 0 Å². The van der Waals surface area contributed by atoms with E-state index in [2.05, 4.69) is 4.98 Å². The van der Waals surface area contributed by atoms with Gasteiger partial charge in [0, 0.05) is 0 Å². The first-order valence-corrected chi connectivity index (χ1v) is 3.69. The molecule has 0 spiro atoms. The molecule has 0 aromatic carbocycles. The van der Waals surface area contributed by atoms with Crippen LogP contribution in [-0.4, -0.2) is 20.6 Å². The lowest BCUT2D eigenvalue weighted by Crippen LogP contribution is -2.12. The summed E-state index contributed by atoms with van der Waals surface area (Å²) in [7, 11) is 0. The number of imidazole rings is 1. The molecule has 0 saturated carbocycles. The van der Waals surface area contributed by atoms with Gasteiger partial charge in [-0.1, -0.05) is 0 Å². The predicted molar refractivity (Wildman–Crippen MR) is 44.0 cm³/mol. The zero-order valence-electron chi connectivity index (χ0n) is 7.35. The molecule has 1 aromatic heterocycles. The van der Waals surface area contributed by atoms with Crippen LogP contribution in [0.25, 0.3) is 0 Å². The van der Waals surface area contributed by atoms with Gasteiger partial charge >= 0.3 is 5.97 Å². The number of nitriles is 2. The number of carboxylic acids is 1. The summed E-state index contributed by atoms with van der Waals surface area (Å²) < 4.78 is 1.20. The van der Waals surface area contributed by atoms with Crippen LogP contribution < -0.4 is 0 Å². The van der Waals surface area contributed by atoms with Gasteiger partial charge in [0.25, 0.3) is 0 Å². The highest BCUT2D eigenvalue weighted by molar-refractivity contribution is 5.67. The van der Waals surface area contributed by atoms with E-state index >= 15 is 0 Å². The van der Waals surface area contributed by atoms with E-state index in [0.29, 0.717) is 5.82 Å². The normalized spacial score (nSPS) is 9.07. The van der Waals surface area contributed by atoms with Gasteiger partial charge in [-0.25, -0.2) is 4.98 Å². The van der Waals surface area contributed by atoms with Crippen LogP contribution in [0.15, 0.2) is 0 Å². The van der Waals surface area contributed by atoms with E-state index in [0.717, 1.165) is 0 Å². The number of carboxylic acid groups (broad SMARTS) is 1. The number of rotatable bonds is 2. The monoisotopic (exact) mass is 190 g/mol. The van der Waals surface area contributed by atoms with Crippen molar-refractivity contribution in [2.45, 2.75) is 13.5 Å². The molecular weight excluding hydrogens is 184 g/mol. The number of hydrogen-bond donors (Lipinski definition) is 1. The Labute approximate surface area is 79.6 Å². The van der Waals surface area contributed by atoms with Crippen molar-refractivity contribution in [2.75, 3.05) is 0 Å². The fourth-order valence-corrected chi connectivity index (χ4v) is 1.08. The number of aromatic nitrogens is 2. The van der Waals surface area contributed by atoms with Crippen LogP contribution in [0.1, 0.15) is 17.2 Å². The average Bonchev–Trinajstić information content (AvgIpc) is 2.42. The number of aryl methyl sites for hydroxylation is 1. The third kappa shape index (κ3) is 1.54. The van der Waals surface area contributed by atoms with Gasteiger partial charge in [0.15, 0.2) is 11.4 Å². The molecule has 0 bridgehead atoms. The Morgan fingerprint density at radius 1 is 1.57 bits per heavy atom. The summed E-state index contributed by atoms with van der Waals surface area (Å²) in [5.41, 5.74) is -0.0429. The minimum Gasteiger partial charge on any atom is -0.480 e. The topological polar surface area (TPSA) is 103 Å². The number of aliphatic carboxylic acids is 1. The molecule has 1 N–H and O–H groups in total. The minimum absolute atomic E-state index is 0.00704. The zero-order valence-corrected chi connectivity index (χ0v) is 7.35. The second-order valence-corrected chi connectivity index (χ2v) is 2.56. The molecule has 0 fully saturated rings. The number of hydrogen-bond acceptors (Lipinski definition) is 4. The molecule has 0 aliphatic rings. The summed E-state index contributed by atoms with van der Waals surface area (Å²) in [5.74, 6) is -0.730. The van der Waals surface area contributed by atoms with Crippen LogP contribution in [0.3, 0.4) is 0 Å². The second-order valence-electron chi connectivity index (χ2n) is 2.56. The Bertz CT molecular complexity index is 461. The van der Waals surface area contributed by atoms with Gasteiger partial charge in [0.2, 0.25) is 0 Å². The fourth-order valence-electron chi connectivity index (χ4n) is 1.08. The molecule has 70 valence electrons. The number of nitrogens with zero attached hydrogens (tertiary/aromatic N) is 4. The van der Waals surface area contributed by atoms with Crippen LogP contribution in [0.5, 0.6) is 0 Å².